The van der Waals surface area contributed by atoms with Gasteiger partial charge in [-0.05, 0) is 73.9 Å². The second-order valence-electron chi connectivity index (χ2n) is 18.5. The summed E-state index contributed by atoms with van der Waals surface area (Å²) < 4.78 is 13.7. The molecule has 4 aromatic rings. The van der Waals surface area contributed by atoms with E-state index in [4.69, 9.17) is 21.1 Å². The molecule has 1 atom stereocenters. The number of nitrogens with one attached hydrogen (secondary N) is 3. The first kappa shape index (κ1) is 45.5. The van der Waals surface area contributed by atoms with E-state index in [0.717, 1.165) is 55.9 Å². The lowest BCUT2D eigenvalue weighted by molar-refractivity contribution is -0.164. The molecule has 342 valence electrons. The molecule has 3 N–H and O–H groups in total. The quantitative estimate of drug-likeness (QED) is 0.162. The molecule has 1 saturated carbocycles. The fourth-order valence-electron chi connectivity index (χ4n) is 10.1. The van der Waals surface area contributed by atoms with E-state index >= 15 is 0 Å². The highest BCUT2D eigenvalue weighted by Crippen LogP contribution is 2.55. The van der Waals surface area contributed by atoms with E-state index in [1.54, 1.807) is 36.4 Å². The van der Waals surface area contributed by atoms with Crippen molar-refractivity contribution < 1.29 is 28.7 Å². The number of anilines is 2. The molecule has 17 nitrogen and oxygen atoms in total. The molecule has 8 rings (SSSR count). The van der Waals surface area contributed by atoms with Crippen LogP contribution < -0.4 is 31.1 Å². The number of rotatable bonds is 13. The summed E-state index contributed by atoms with van der Waals surface area (Å²) in [5, 5.41) is 26.5. The second-order valence-corrected chi connectivity index (χ2v) is 18.9. The molecule has 4 heterocycles. The molecule has 0 spiro atoms. The van der Waals surface area contributed by atoms with Crippen LogP contribution in [0.5, 0.6) is 5.75 Å². The molecule has 0 bridgehead atoms. The van der Waals surface area contributed by atoms with Crippen molar-refractivity contribution in [3.63, 3.8) is 0 Å². The number of hydrogen-bond acceptors (Lipinski definition) is 13. The Bertz CT molecular complexity index is 2540. The average Bonchev–Trinajstić information content (AvgIpc) is 3.30. The summed E-state index contributed by atoms with van der Waals surface area (Å²) in [6, 6.07) is 18.9. The van der Waals surface area contributed by atoms with Crippen molar-refractivity contribution in [1.82, 2.24) is 35.4 Å². The van der Waals surface area contributed by atoms with Crippen molar-refractivity contribution in [3.8, 4) is 11.8 Å². The van der Waals surface area contributed by atoms with Crippen LogP contribution >= 0.6 is 11.6 Å². The zero-order chi connectivity index (χ0) is 46.0. The van der Waals surface area contributed by atoms with Crippen molar-refractivity contribution in [2.45, 2.75) is 77.7 Å². The topological polar surface area (TPSA) is 204 Å². The third-order valence-corrected chi connectivity index (χ3v) is 13.8. The van der Waals surface area contributed by atoms with Crippen molar-refractivity contribution in [2.75, 3.05) is 69.2 Å². The Labute approximate surface area is 382 Å². The number of piperidine rings is 2. The number of fused-ring (bicyclic) bond motifs is 1. The number of imide groups is 1. The zero-order valence-corrected chi connectivity index (χ0v) is 37.9. The molecule has 18 heteroatoms. The van der Waals surface area contributed by atoms with Gasteiger partial charge in [-0.15, -0.1) is 5.10 Å². The second kappa shape index (κ2) is 18.8. The van der Waals surface area contributed by atoms with Crippen LogP contribution in [-0.2, 0) is 19.1 Å². The van der Waals surface area contributed by atoms with Crippen LogP contribution in [0.3, 0.4) is 0 Å². The van der Waals surface area contributed by atoms with Gasteiger partial charge in [0, 0.05) is 92.1 Å². The third kappa shape index (κ3) is 9.66. The summed E-state index contributed by atoms with van der Waals surface area (Å²) in [5.74, 6) is -0.551. The summed E-state index contributed by atoms with van der Waals surface area (Å²) in [4.78, 5) is 70.3. The highest BCUT2D eigenvalue weighted by atomic mass is 35.5. The van der Waals surface area contributed by atoms with Gasteiger partial charge < -0.3 is 29.9 Å². The molecule has 4 aliphatic rings. The Morgan fingerprint density at radius 1 is 0.923 bits per heavy atom. The van der Waals surface area contributed by atoms with E-state index < -0.39 is 17.5 Å². The van der Waals surface area contributed by atoms with Gasteiger partial charge in [-0.2, -0.15) is 9.94 Å². The Morgan fingerprint density at radius 3 is 2.32 bits per heavy atom. The number of likely N-dealkylation sites (tertiary alicyclic amines) is 1. The number of nitriles is 1. The summed E-state index contributed by atoms with van der Waals surface area (Å²) in [7, 11) is 0. The monoisotopic (exact) mass is 906 g/mol. The molecule has 4 amide bonds. The maximum atomic E-state index is 13.5. The summed E-state index contributed by atoms with van der Waals surface area (Å²) in [6.07, 6.45) is 1.68. The fraction of sp³-hybridized carbons (Fsp3) is 0.489. The first-order chi connectivity index (χ1) is 31.1. The standard InChI is InChI=1S/C47H55ClN10O7/c1-46(2)44(47(3,4)45(46)65-34-11-7-30(27-49)36(48)26-34)52-41(61)29-5-9-32(10-6-29)56-21-19-55(20-22-56)23-24-64-33-15-17-57(18-16-33)40(60)28-50-31-8-12-37-35(25-31)43(63)58(54-53-37)38-13-14-39(59)51-42(38)62/h5-12,25-26,33,38,44-45,50H,13-24,28H2,1-4H3,(H,52,61)(H,51,59,62)/t38?,44-,45-. The van der Waals surface area contributed by atoms with E-state index in [2.05, 4.69) is 69.8 Å². The zero-order valence-electron chi connectivity index (χ0n) is 37.1. The van der Waals surface area contributed by atoms with Gasteiger partial charge >= 0.3 is 0 Å². The van der Waals surface area contributed by atoms with E-state index in [1.807, 2.05) is 29.2 Å². The highest BCUT2D eigenvalue weighted by molar-refractivity contribution is 6.31. The van der Waals surface area contributed by atoms with E-state index in [0.29, 0.717) is 52.8 Å². The van der Waals surface area contributed by atoms with Crippen LogP contribution in [0.25, 0.3) is 10.9 Å². The molecule has 3 aliphatic heterocycles. The average molecular weight is 907 g/mol. The first-order valence-electron chi connectivity index (χ1n) is 22.2. The maximum Gasteiger partial charge on any atom is 0.278 e. The first-order valence-corrected chi connectivity index (χ1v) is 22.6. The lowest BCUT2D eigenvalue weighted by atomic mass is 9.49. The Morgan fingerprint density at radius 2 is 1.65 bits per heavy atom. The molecule has 0 radical (unpaired) electrons. The van der Waals surface area contributed by atoms with Gasteiger partial charge in [0.2, 0.25) is 11.8 Å². The number of nitrogens with zero attached hydrogens (tertiary/aromatic N) is 7. The minimum absolute atomic E-state index is 0.0524. The van der Waals surface area contributed by atoms with E-state index in [1.165, 1.54) is 0 Å². The highest BCUT2D eigenvalue weighted by Gasteiger charge is 2.64. The Balaban J connectivity index is 0.728. The number of aromatic nitrogens is 3. The number of carbonyl (C=O) groups excluding carboxylic acids is 4. The lowest BCUT2D eigenvalue weighted by Crippen LogP contribution is -2.74. The number of benzene rings is 3. The smallest absolute Gasteiger partial charge is 0.278 e. The van der Waals surface area contributed by atoms with Crippen molar-refractivity contribution >= 4 is 57.5 Å². The van der Waals surface area contributed by atoms with Gasteiger partial charge in [0.1, 0.15) is 29.5 Å². The van der Waals surface area contributed by atoms with Crippen LogP contribution in [0.15, 0.2) is 65.5 Å². The molecular formula is C47H55ClN10O7. The van der Waals surface area contributed by atoms with Gasteiger partial charge in [-0.3, -0.25) is 34.2 Å². The number of hydrogen-bond donors (Lipinski definition) is 3. The van der Waals surface area contributed by atoms with Crippen LogP contribution in [-0.4, -0.2) is 126 Å². The molecule has 3 saturated heterocycles. The summed E-state index contributed by atoms with van der Waals surface area (Å²) >= 11 is 6.25. The van der Waals surface area contributed by atoms with Crippen LogP contribution in [0.2, 0.25) is 5.02 Å². The van der Waals surface area contributed by atoms with Gasteiger partial charge in [0.15, 0.2) is 0 Å². The van der Waals surface area contributed by atoms with Gasteiger partial charge in [-0.25, -0.2) is 0 Å². The normalized spacial score (nSPS) is 22.1. The molecular weight excluding hydrogens is 852 g/mol. The molecule has 1 aromatic heterocycles. The summed E-state index contributed by atoms with van der Waals surface area (Å²) in [5.41, 5.74) is 1.79. The van der Waals surface area contributed by atoms with Crippen molar-refractivity contribution in [3.05, 3.63) is 87.2 Å². The van der Waals surface area contributed by atoms with Gasteiger partial charge in [0.05, 0.1) is 35.2 Å². The third-order valence-electron chi connectivity index (χ3n) is 13.5. The molecule has 3 aromatic carbocycles. The predicted octanol–water partition coefficient (Wildman–Crippen LogP) is 4.15. The van der Waals surface area contributed by atoms with Crippen LogP contribution in [0.1, 0.15) is 75.3 Å². The predicted molar refractivity (Wildman–Crippen MR) is 244 cm³/mol. The van der Waals surface area contributed by atoms with Crippen molar-refractivity contribution in [1.29, 1.82) is 5.26 Å². The number of piperazine rings is 1. The maximum absolute atomic E-state index is 13.5. The molecule has 65 heavy (non-hydrogen) atoms. The summed E-state index contributed by atoms with van der Waals surface area (Å²) in [6.45, 7) is 14.6. The lowest BCUT2D eigenvalue weighted by Gasteiger charge is -2.63. The SMILES string of the molecule is CC1(C)[C@H](NC(=O)c2ccc(N3CCN(CCOC4CCN(C(=O)CNc5ccc6nnn(C7CCC(=O)NC7=O)c(=O)c6c5)CC4)CC3)cc2)C(C)(C)[C@H]1Oc1ccc(C#N)c(Cl)c1. The Kier molecular flexibility index (Phi) is 13.1. The number of halogens is 1. The number of carbonyl (C=O) groups is 4. The van der Waals surface area contributed by atoms with Gasteiger partial charge in [-0.1, -0.05) is 44.5 Å². The van der Waals surface area contributed by atoms with Crippen LogP contribution in [0.4, 0.5) is 11.4 Å². The van der Waals surface area contributed by atoms with Gasteiger partial charge in [0.25, 0.3) is 17.4 Å². The molecule has 4 fully saturated rings. The Hall–Kier alpha value is -6.09. The number of ether oxygens (including phenoxy) is 2. The van der Waals surface area contributed by atoms with Crippen molar-refractivity contribution in [2.24, 2.45) is 10.8 Å². The minimum Gasteiger partial charge on any atom is -0.489 e. The van der Waals surface area contributed by atoms with E-state index in [9.17, 15) is 29.2 Å². The van der Waals surface area contributed by atoms with E-state index in [-0.39, 0.29) is 71.6 Å². The molecule has 1 aliphatic carbocycles. The number of amides is 4. The molecule has 1 unspecified atom stereocenters. The minimum atomic E-state index is -0.916. The fourth-order valence-corrected chi connectivity index (χ4v) is 10.3. The largest absolute Gasteiger partial charge is 0.489 e. The van der Waals surface area contributed by atoms with Crippen LogP contribution in [0, 0.1) is 22.2 Å².